The molecule has 0 unspecified atom stereocenters. The van der Waals surface area contributed by atoms with Crippen molar-refractivity contribution in [3.8, 4) is 0 Å². The molecule has 2 aromatic rings. The van der Waals surface area contributed by atoms with Crippen molar-refractivity contribution in [3.63, 3.8) is 0 Å². The number of nitro benzene ring substituents is 1. The van der Waals surface area contributed by atoms with Crippen LogP contribution in [-0.4, -0.2) is 47.3 Å². The Kier molecular flexibility index (Phi) is 10.0. The minimum atomic E-state index is -1.46. The number of benzene rings is 2. The van der Waals surface area contributed by atoms with Crippen molar-refractivity contribution in [1.82, 2.24) is 10.6 Å². The third-order valence-electron chi connectivity index (χ3n) is 5.31. The summed E-state index contributed by atoms with van der Waals surface area (Å²) in [5.74, 6) is -4.72. The van der Waals surface area contributed by atoms with Gasteiger partial charge in [0.25, 0.3) is 5.69 Å². The minimum absolute atomic E-state index is 0.0622. The first-order valence-electron chi connectivity index (χ1n) is 11.0. The van der Waals surface area contributed by atoms with Gasteiger partial charge in [-0.1, -0.05) is 30.3 Å². The van der Waals surface area contributed by atoms with Gasteiger partial charge in [-0.25, -0.2) is 4.39 Å². The first kappa shape index (κ1) is 27.9. The number of nitro groups is 1. The van der Waals surface area contributed by atoms with Gasteiger partial charge in [0, 0.05) is 31.4 Å². The fraction of sp³-hybridized carbons (Fsp3) is 0.333. The second-order valence-electron chi connectivity index (χ2n) is 7.90. The van der Waals surface area contributed by atoms with E-state index in [9.17, 15) is 33.7 Å². The first-order chi connectivity index (χ1) is 17.0. The van der Waals surface area contributed by atoms with Crippen molar-refractivity contribution in [2.45, 2.75) is 44.7 Å². The monoisotopic (exact) mass is 502 g/mol. The zero-order chi connectivity index (χ0) is 26.8. The SMILES string of the molecule is CCOC(=O)C[C@@H](c1ccc([N+](=O)[O-])cc1)[C@H](NC(=O)[C@@H](Cc1ccccc1F)NC(C)=O)C(N)=O. The highest BCUT2D eigenvalue weighted by Crippen LogP contribution is 2.27. The van der Waals surface area contributed by atoms with Crippen LogP contribution in [-0.2, 0) is 30.3 Å². The van der Waals surface area contributed by atoms with E-state index in [0.717, 1.165) is 0 Å². The van der Waals surface area contributed by atoms with Crippen LogP contribution >= 0.6 is 0 Å². The van der Waals surface area contributed by atoms with Crippen LogP contribution in [0.5, 0.6) is 0 Å². The fourth-order valence-electron chi connectivity index (χ4n) is 3.63. The van der Waals surface area contributed by atoms with Crippen LogP contribution < -0.4 is 16.4 Å². The second-order valence-corrected chi connectivity index (χ2v) is 7.90. The Balaban J connectivity index is 2.39. The van der Waals surface area contributed by atoms with Crippen molar-refractivity contribution in [2.24, 2.45) is 5.73 Å². The summed E-state index contributed by atoms with van der Waals surface area (Å²) in [5, 5.41) is 15.9. The lowest BCUT2D eigenvalue weighted by molar-refractivity contribution is -0.384. The average Bonchev–Trinajstić information content (AvgIpc) is 2.82. The third kappa shape index (κ3) is 7.86. The number of hydrogen-bond acceptors (Lipinski definition) is 7. The highest BCUT2D eigenvalue weighted by atomic mass is 19.1. The average molecular weight is 502 g/mol. The largest absolute Gasteiger partial charge is 0.466 e. The van der Waals surface area contributed by atoms with E-state index in [4.69, 9.17) is 10.5 Å². The fourth-order valence-corrected chi connectivity index (χ4v) is 3.63. The van der Waals surface area contributed by atoms with Crippen LogP contribution in [0.2, 0.25) is 0 Å². The molecule has 0 bridgehead atoms. The number of halogens is 1. The van der Waals surface area contributed by atoms with Crippen molar-refractivity contribution < 1.29 is 33.2 Å². The summed E-state index contributed by atoms with van der Waals surface area (Å²) in [6, 6.07) is 8.02. The number of esters is 1. The molecule has 4 N–H and O–H groups in total. The lowest BCUT2D eigenvalue weighted by Crippen LogP contribution is -2.55. The summed E-state index contributed by atoms with van der Waals surface area (Å²) < 4.78 is 19.2. The van der Waals surface area contributed by atoms with E-state index in [0.29, 0.717) is 5.56 Å². The number of carbonyl (C=O) groups is 4. The van der Waals surface area contributed by atoms with Crippen LogP contribution in [0.4, 0.5) is 10.1 Å². The number of ether oxygens (including phenoxy) is 1. The molecule has 0 fully saturated rings. The van der Waals surface area contributed by atoms with Gasteiger partial charge in [0.05, 0.1) is 18.0 Å². The number of nitrogens with one attached hydrogen (secondary N) is 2. The van der Waals surface area contributed by atoms with E-state index in [2.05, 4.69) is 10.6 Å². The summed E-state index contributed by atoms with van der Waals surface area (Å²) in [7, 11) is 0. The van der Waals surface area contributed by atoms with Crippen LogP contribution in [0.15, 0.2) is 48.5 Å². The molecule has 36 heavy (non-hydrogen) atoms. The minimum Gasteiger partial charge on any atom is -0.466 e. The third-order valence-corrected chi connectivity index (χ3v) is 5.31. The molecule has 0 radical (unpaired) electrons. The Labute approximate surface area is 206 Å². The molecule has 0 saturated heterocycles. The van der Waals surface area contributed by atoms with Gasteiger partial charge in [-0.15, -0.1) is 0 Å². The topological polar surface area (TPSA) is 171 Å². The van der Waals surface area contributed by atoms with Crippen LogP contribution in [0, 0.1) is 15.9 Å². The van der Waals surface area contributed by atoms with Gasteiger partial charge in [-0.05, 0) is 24.1 Å². The zero-order valence-corrected chi connectivity index (χ0v) is 19.7. The van der Waals surface area contributed by atoms with Gasteiger partial charge in [-0.3, -0.25) is 29.3 Å². The number of rotatable bonds is 12. The predicted molar refractivity (Wildman–Crippen MR) is 126 cm³/mol. The molecule has 2 aromatic carbocycles. The molecule has 0 spiro atoms. The number of nitrogens with zero attached hydrogens (tertiary/aromatic N) is 1. The molecule has 0 saturated carbocycles. The van der Waals surface area contributed by atoms with Crippen LogP contribution in [0.3, 0.4) is 0 Å². The molecule has 0 aliphatic carbocycles. The van der Waals surface area contributed by atoms with E-state index in [1.807, 2.05) is 0 Å². The molecular formula is C24H27FN4O7. The molecule has 3 amide bonds. The van der Waals surface area contributed by atoms with Crippen molar-refractivity contribution in [1.29, 1.82) is 0 Å². The lowest BCUT2D eigenvalue weighted by Gasteiger charge is -2.27. The Morgan fingerprint density at radius 3 is 2.25 bits per heavy atom. The van der Waals surface area contributed by atoms with Crippen molar-refractivity contribution >= 4 is 29.4 Å². The summed E-state index contributed by atoms with van der Waals surface area (Å²) in [6.07, 6.45) is -0.596. The Morgan fingerprint density at radius 1 is 1.08 bits per heavy atom. The predicted octanol–water partition coefficient (Wildman–Crippen LogP) is 1.49. The summed E-state index contributed by atoms with van der Waals surface area (Å²) in [6.45, 7) is 2.83. The Morgan fingerprint density at radius 2 is 1.72 bits per heavy atom. The van der Waals surface area contributed by atoms with Gasteiger partial charge in [0.1, 0.15) is 17.9 Å². The molecule has 0 aliphatic heterocycles. The molecule has 11 nitrogen and oxygen atoms in total. The molecule has 192 valence electrons. The zero-order valence-electron chi connectivity index (χ0n) is 19.7. The number of amides is 3. The first-order valence-corrected chi connectivity index (χ1v) is 11.0. The van der Waals surface area contributed by atoms with Gasteiger partial charge in [0.15, 0.2) is 0 Å². The second kappa shape index (κ2) is 12.9. The van der Waals surface area contributed by atoms with E-state index in [1.165, 1.54) is 49.4 Å². The van der Waals surface area contributed by atoms with E-state index < -0.39 is 52.4 Å². The molecule has 0 aliphatic rings. The maximum absolute atomic E-state index is 14.2. The van der Waals surface area contributed by atoms with Gasteiger partial charge in [-0.2, -0.15) is 0 Å². The molecule has 2 rings (SSSR count). The molecule has 0 aromatic heterocycles. The number of non-ortho nitro benzene ring substituents is 1. The number of nitrogens with two attached hydrogens (primary N) is 1. The van der Waals surface area contributed by atoms with E-state index >= 15 is 0 Å². The molecule has 0 heterocycles. The highest BCUT2D eigenvalue weighted by Gasteiger charge is 2.34. The molecule has 12 heteroatoms. The van der Waals surface area contributed by atoms with E-state index in [-0.39, 0.29) is 30.7 Å². The van der Waals surface area contributed by atoms with Crippen LogP contribution in [0.1, 0.15) is 37.3 Å². The standard InChI is InChI=1S/C24H27FN4O7/c1-3-36-21(31)13-18(15-8-10-17(11-9-15)29(34)35)22(23(26)32)28-24(33)20(27-14(2)30)12-16-6-4-5-7-19(16)25/h4-11,18,20,22H,3,12-13H2,1-2H3,(H2,26,32)(H,27,30)(H,28,33)/t18-,20+,22-/m0/s1. The number of primary amides is 1. The lowest BCUT2D eigenvalue weighted by atomic mass is 9.87. The maximum atomic E-state index is 14.2. The number of hydrogen-bond donors (Lipinski definition) is 3. The number of carbonyl (C=O) groups excluding carboxylic acids is 4. The summed E-state index contributed by atoms with van der Waals surface area (Å²) in [4.78, 5) is 60.0. The van der Waals surface area contributed by atoms with Crippen molar-refractivity contribution in [2.75, 3.05) is 6.61 Å². The molecular weight excluding hydrogens is 475 g/mol. The van der Waals surface area contributed by atoms with Crippen molar-refractivity contribution in [3.05, 3.63) is 75.6 Å². The van der Waals surface area contributed by atoms with Gasteiger partial charge in [0.2, 0.25) is 17.7 Å². The van der Waals surface area contributed by atoms with Crippen LogP contribution in [0.25, 0.3) is 0 Å². The maximum Gasteiger partial charge on any atom is 0.306 e. The van der Waals surface area contributed by atoms with Gasteiger partial charge < -0.3 is 21.1 Å². The smallest absolute Gasteiger partial charge is 0.306 e. The van der Waals surface area contributed by atoms with Gasteiger partial charge >= 0.3 is 5.97 Å². The summed E-state index contributed by atoms with van der Waals surface area (Å²) in [5.41, 5.74) is 5.81. The normalized spacial score (nSPS) is 13.1. The summed E-state index contributed by atoms with van der Waals surface area (Å²) >= 11 is 0. The molecule has 3 atom stereocenters. The Bertz CT molecular complexity index is 1120. The Hall–Kier alpha value is -4.35. The quantitative estimate of drug-likeness (QED) is 0.224. The van der Waals surface area contributed by atoms with E-state index in [1.54, 1.807) is 13.0 Å². The highest BCUT2D eigenvalue weighted by molar-refractivity contribution is 5.92.